The van der Waals surface area contributed by atoms with Crippen LogP contribution in [-0.4, -0.2) is 25.0 Å². The fourth-order valence-corrected chi connectivity index (χ4v) is 1.66. The molecule has 0 spiro atoms. The molecule has 1 N–H and O–H groups in total. The summed E-state index contributed by atoms with van der Waals surface area (Å²) in [5.74, 6) is 1.85. The van der Waals surface area contributed by atoms with E-state index in [0.29, 0.717) is 12.6 Å². The number of aliphatic imine (C=N–C) groups is 1. The summed E-state index contributed by atoms with van der Waals surface area (Å²) >= 11 is 0. The number of ether oxygens (including phenoxy) is 1. The fourth-order valence-electron chi connectivity index (χ4n) is 1.66. The topological polar surface area (TPSA) is 33.6 Å². The Kier molecular flexibility index (Phi) is 2.90. The number of nitrogens with one attached hydrogen (secondary N) is 1. The van der Waals surface area contributed by atoms with E-state index in [1.165, 1.54) is 0 Å². The standard InChI is InChI=1S/C12H16N2O/c1-3-15-11-7-5-4-6-10(11)12-13-8-9(2)14-12/h4-7,9H,3,8H2,1-2H3,(H,13,14). The maximum Gasteiger partial charge on any atom is 0.132 e. The second-order valence-electron chi connectivity index (χ2n) is 3.66. The van der Waals surface area contributed by atoms with Crippen molar-refractivity contribution in [3.05, 3.63) is 29.8 Å². The predicted octanol–water partition coefficient (Wildman–Crippen LogP) is 1.82. The van der Waals surface area contributed by atoms with Crippen LogP contribution in [-0.2, 0) is 0 Å². The first kappa shape index (κ1) is 10.0. The zero-order valence-corrected chi connectivity index (χ0v) is 9.16. The monoisotopic (exact) mass is 204 g/mol. The summed E-state index contributed by atoms with van der Waals surface area (Å²) in [4.78, 5) is 4.46. The van der Waals surface area contributed by atoms with Gasteiger partial charge >= 0.3 is 0 Å². The van der Waals surface area contributed by atoms with Crippen LogP contribution in [0.2, 0.25) is 0 Å². The van der Waals surface area contributed by atoms with Crippen molar-refractivity contribution in [2.75, 3.05) is 13.2 Å². The molecular formula is C12H16N2O. The molecule has 0 radical (unpaired) electrons. The zero-order chi connectivity index (χ0) is 10.7. The molecule has 3 nitrogen and oxygen atoms in total. The van der Waals surface area contributed by atoms with Crippen molar-refractivity contribution in [2.24, 2.45) is 4.99 Å². The van der Waals surface area contributed by atoms with Crippen LogP contribution >= 0.6 is 0 Å². The normalized spacial score (nSPS) is 19.6. The van der Waals surface area contributed by atoms with Crippen molar-refractivity contribution in [1.82, 2.24) is 5.32 Å². The summed E-state index contributed by atoms with van der Waals surface area (Å²) in [5, 5.41) is 3.34. The van der Waals surface area contributed by atoms with Gasteiger partial charge in [-0.3, -0.25) is 4.99 Å². The van der Waals surface area contributed by atoms with E-state index in [-0.39, 0.29) is 0 Å². The van der Waals surface area contributed by atoms with Crippen LogP contribution in [0, 0.1) is 0 Å². The van der Waals surface area contributed by atoms with Gasteiger partial charge in [0.1, 0.15) is 11.6 Å². The Morgan fingerprint density at radius 2 is 2.27 bits per heavy atom. The van der Waals surface area contributed by atoms with Crippen LogP contribution in [0.1, 0.15) is 19.4 Å². The van der Waals surface area contributed by atoms with E-state index in [4.69, 9.17) is 4.74 Å². The third kappa shape index (κ3) is 2.12. The number of hydrogen-bond acceptors (Lipinski definition) is 3. The Bertz CT molecular complexity index is 374. The summed E-state index contributed by atoms with van der Waals surface area (Å²) in [6, 6.07) is 8.42. The average Bonchev–Trinajstić information content (AvgIpc) is 2.66. The summed E-state index contributed by atoms with van der Waals surface area (Å²) in [6.45, 7) is 5.64. The lowest BCUT2D eigenvalue weighted by Crippen LogP contribution is -2.28. The van der Waals surface area contributed by atoms with Gasteiger partial charge in [-0.1, -0.05) is 12.1 Å². The van der Waals surface area contributed by atoms with E-state index >= 15 is 0 Å². The molecule has 80 valence electrons. The minimum absolute atomic E-state index is 0.426. The van der Waals surface area contributed by atoms with E-state index in [1.807, 2.05) is 31.2 Å². The largest absolute Gasteiger partial charge is 0.493 e. The SMILES string of the molecule is CCOc1ccccc1C1=NCC(C)N1. The van der Waals surface area contributed by atoms with Gasteiger partial charge in [0.2, 0.25) is 0 Å². The molecule has 3 heteroatoms. The average molecular weight is 204 g/mol. The zero-order valence-electron chi connectivity index (χ0n) is 9.16. The van der Waals surface area contributed by atoms with Crippen molar-refractivity contribution in [3.63, 3.8) is 0 Å². The number of amidine groups is 1. The number of benzene rings is 1. The fraction of sp³-hybridized carbons (Fsp3) is 0.417. The first-order valence-corrected chi connectivity index (χ1v) is 5.34. The molecule has 0 saturated carbocycles. The number of hydrogen-bond donors (Lipinski definition) is 1. The van der Waals surface area contributed by atoms with E-state index in [0.717, 1.165) is 23.7 Å². The van der Waals surface area contributed by atoms with E-state index in [1.54, 1.807) is 0 Å². The molecule has 0 aromatic heterocycles. The van der Waals surface area contributed by atoms with Gasteiger partial charge in [-0.05, 0) is 26.0 Å². The van der Waals surface area contributed by atoms with Gasteiger partial charge in [0.15, 0.2) is 0 Å². The van der Waals surface area contributed by atoms with Gasteiger partial charge in [0.05, 0.1) is 18.7 Å². The molecule has 1 atom stereocenters. The number of rotatable bonds is 3. The third-order valence-electron chi connectivity index (χ3n) is 2.35. The van der Waals surface area contributed by atoms with Crippen molar-refractivity contribution in [2.45, 2.75) is 19.9 Å². The molecule has 15 heavy (non-hydrogen) atoms. The van der Waals surface area contributed by atoms with Crippen LogP contribution in [0.4, 0.5) is 0 Å². The molecule has 1 aliphatic rings. The Hall–Kier alpha value is -1.51. The van der Waals surface area contributed by atoms with Gasteiger partial charge < -0.3 is 10.1 Å². The molecular weight excluding hydrogens is 188 g/mol. The van der Waals surface area contributed by atoms with E-state index in [9.17, 15) is 0 Å². The highest BCUT2D eigenvalue weighted by Crippen LogP contribution is 2.19. The molecule has 1 aliphatic heterocycles. The first-order valence-electron chi connectivity index (χ1n) is 5.34. The molecule has 0 saturated heterocycles. The second kappa shape index (κ2) is 4.34. The lowest BCUT2D eigenvalue weighted by Gasteiger charge is -2.11. The predicted molar refractivity (Wildman–Crippen MR) is 61.6 cm³/mol. The third-order valence-corrected chi connectivity index (χ3v) is 2.35. The van der Waals surface area contributed by atoms with Crippen LogP contribution in [0.25, 0.3) is 0 Å². The second-order valence-corrected chi connectivity index (χ2v) is 3.66. The van der Waals surface area contributed by atoms with Crippen molar-refractivity contribution in [3.8, 4) is 5.75 Å². The summed E-state index contributed by atoms with van der Waals surface area (Å²) < 4.78 is 5.56. The molecule has 0 bridgehead atoms. The first-order chi connectivity index (χ1) is 7.31. The minimum Gasteiger partial charge on any atom is -0.493 e. The van der Waals surface area contributed by atoms with Gasteiger partial charge in [-0.25, -0.2) is 0 Å². The van der Waals surface area contributed by atoms with Gasteiger partial charge in [-0.2, -0.15) is 0 Å². The van der Waals surface area contributed by atoms with Crippen LogP contribution in [0.3, 0.4) is 0 Å². The Labute approximate surface area is 90.2 Å². The van der Waals surface area contributed by atoms with Gasteiger partial charge in [-0.15, -0.1) is 0 Å². The number of nitrogens with zero attached hydrogens (tertiary/aromatic N) is 1. The maximum absolute atomic E-state index is 5.56. The molecule has 1 aromatic carbocycles. The Morgan fingerprint density at radius 1 is 1.47 bits per heavy atom. The Morgan fingerprint density at radius 3 is 2.93 bits per heavy atom. The lowest BCUT2D eigenvalue weighted by molar-refractivity contribution is 0.339. The van der Waals surface area contributed by atoms with E-state index < -0.39 is 0 Å². The van der Waals surface area contributed by atoms with Crippen molar-refractivity contribution >= 4 is 5.84 Å². The Balaban J connectivity index is 2.27. The number of para-hydroxylation sites is 1. The summed E-state index contributed by atoms with van der Waals surface area (Å²) in [6.07, 6.45) is 0. The van der Waals surface area contributed by atoms with Crippen molar-refractivity contribution < 1.29 is 4.74 Å². The molecule has 1 unspecified atom stereocenters. The van der Waals surface area contributed by atoms with Gasteiger partial charge in [0, 0.05) is 6.04 Å². The molecule has 1 heterocycles. The van der Waals surface area contributed by atoms with Gasteiger partial charge in [0.25, 0.3) is 0 Å². The molecule has 0 amide bonds. The van der Waals surface area contributed by atoms with Crippen LogP contribution in [0.15, 0.2) is 29.3 Å². The van der Waals surface area contributed by atoms with Crippen LogP contribution in [0.5, 0.6) is 5.75 Å². The highest BCUT2D eigenvalue weighted by atomic mass is 16.5. The molecule has 0 aliphatic carbocycles. The molecule has 1 aromatic rings. The maximum atomic E-state index is 5.56. The van der Waals surface area contributed by atoms with Crippen molar-refractivity contribution in [1.29, 1.82) is 0 Å². The minimum atomic E-state index is 0.426. The highest BCUT2D eigenvalue weighted by Gasteiger charge is 2.16. The molecule has 0 fully saturated rings. The summed E-state index contributed by atoms with van der Waals surface area (Å²) in [5.41, 5.74) is 1.06. The quantitative estimate of drug-likeness (QED) is 0.814. The van der Waals surface area contributed by atoms with Crippen LogP contribution < -0.4 is 10.1 Å². The van der Waals surface area contributed by atoms with E-state index in [2.05, 4.69) is 17.2 Å². The smallest absolute Gasteiger partial charge is 0.132 e. The highest BCUT2D eigenvalue weighted by molar-refractivity contribution is 6.02. The molecule has 2 rings (SSSR count). The lowest BCUT2D eigenvalue weighted by atomic mass is 10.2. The summed E-state index contributed by atoms with van der Waals surface area (Å²) in [7, 11) is 0.